The van der Waals surface area contributed by atoms with Gasteiger partial charge < -0.3 is 15.5 Å². The number of amides is 3. The molecule has 1 heterocycles. The Hall–Kier alpha value is -4.39. The third kappa shape index (κ3) is 6.68. The SMILES string of the molecule is Cc1ccc(NC(=O)N(CC(=O)Nc2cc(-c3ccccc3)nn2-c2ccc(C)cc2C)CC(C)C)cc1. The molecule has 4 rings (SSSR count). The van der Waals surface area contributed by atoms with E-state index in [-0.39, 0.29) is 24.4 Å². The summed E-state index contributed by atoms with van der Waals surface area (Å²) in [6, 6.07) is 25.1. The fraction of sp³-hybridized carbons (Fsp3) is 0.258. The average molecular weight is 510 g/mol. The van der Waals surface area contributed by atoms with Crippen LogP contribution in [0.2, 0.25) is 0 Å². The molecule has 7 heteroatoms. The van der Waals surface area contributed by atoms with Crippen molar-refractivity contribution in [2.75, 3.05) is 23.7 Å². The maximum Gasteiger partial charge on any atom is 0.322 e. The molecule has 1 aromatic heterocycles. The summed E-state index contributed by atoms with van der Waals surface area (Å²) in [7, 11) is 0. The van der Waals surface area contributed by atoms with Gasteiger partial charge in [-0.25, -0.2) is 9.48 Å². The first-order chi connectivity index (χ1) is 18.2. The van der Waals surface area contributed by atoms with Gasteiger partial charge in [0.25, 0.3) is 0 Å². The van der Waals surface area contributed by atoms with Crippen molar-refractivity contribution < 1.29 is 9.59 Å². The Labute approximate surface area is 224 Å². The standard InChI is InChI=1S/C31H35N5O2/c1-21(2)19-35(31(38)32-26-14-11-22(3)12-15-26)20-30(37)33-29-18-27(25-9-7-6-8-10-25)34-36(29)28-16-13-23(4)17-24(28)5/h6-18,21H,19-20H2,1-5H3,(H,32,38)(H,33,37). The Morgan fingerprint density at radius 1 is 0.868 bits per heavy atom. The van der Waals surface area contributed by atoms with Crippen molar-refractivity contribution in [2.45, 2.75) is 34.6 Å². The number of hydrogen-bond donors (Lipinski definition) is 2. The molecule has 0 atom stereocenters. The Balaban J connectivity index is 1.59. The summed E-state index contributed by atoms with van der Waals surface area (Å²) >= 11 is 0. The van der Waals surface area contributed by atoms with E-state index in [2.05, 4.69) is 16.7 Å². The molecule has 0 aliphatic carbocycles. The van der Waals surface area contributed by atoms with Crippen molar-refractivity contribution in [3.63, 3.8) is 0 Å². The van der Waals surface area contributed by atoms with Crippen molar-refractivity contribution in [1.82, 2.24) is 14.7 Å². The topological polar surface area (TPSA) is 79.3 Å². The molecule has 0 unspecified atom stereocenters. The van der Waals surface area contributed by atoms with E-state index in [4.69, 9.17) is 5.10 Å². The number of hydrogen-bond acceptors (Lipinski definition) is 3. The molecular formula is C31H35N5O2. The highest BCUT2D eigenvalue weighted by Crippen LogP contribution is 2.26. The van der Waals surface area contributed by atoms with Crippen LogP contribution >= 0.6 is 0 Å². The smallest absolute Gasteiger partial charge is 0.315 e. The quantitative estimate of drug-likeness (QED) is 0.281. The highest BCUT2D eigenvalue weighted by molar-refractivity contribution is 5.97. The summed E-state index contributed by atoms with van der Waals surface area (Å²) in [6.45, 7) is 10.5. The fourth-order valence-corrected chi connectivity index (χ4v) is 4.30. The molecule has 38 heavy (non-hydrogen) atoms. The number of aromatic nitrogens is 2. The summed E-state index contributed by atoms with van der Waals surface area (Å²) in [5.74, 6) is 0.441. The van der Waals surface area contributed by atoms with Gasteiger partial charge >= 0.3 is 6.03 Å². The van der Waals surface area contributed by atoms with Crippen molar-refractivity contribution in [3.8, 4) is 16.9 Å². The maximum atomic E-state index is 13.3. The number of aryl methyl sites for hydroxylation is 3. The zero-order chi connectivity index (χ0) is 27.2. The molecule has 196 valence electrons. The van der Waals surface area contributed by atoms with Crippen LogP contribution in [0.4, 0.5) is 16.3 Å². The molecule has 0 radical (unpaired) electrons. The Bertz CT molecular complexity index is 1410. The Kier molecular flexibility index (Phi) is 8.26. The average Bonchev–Trinajstić information content (AvgIpc) is 3.28. The number of rotatable bonds is 8. The zero-order valence-electron chi connectivity index (χ0n) is 22.7. The van der Waals surface area contributed by atoms with Crippen LogP contribution in [0.3, 0.4) is 0 Å². The lowest BCUT2D eigenvalue weighted by Crippen LogP contribution is -2.42. The number of carbonyl (C=O) groups is 2. The van der Waals surface area contributed by atoms with Gasteiger partial charge in [0.1, 0.15) is 12.4 Å². The van der Waals surface area contributed by atoms with Gasteiger partial charge in [-0.1, -0.05) is 79.6 Å². The molecule has 0 spiro atoms. The van der Waals surface area contributed by atoms with E-state index in [1.807, 2.05) is 107 Å². The van der Waals surface area contributed by atoms with Gasteiger partial charge in [-0.15, -0.1) is 0 Å². The summed E-state index contributed by atoms with van der Waals surface area (Å²) in [5.41, 5.74) is 6.57. The number of carbonyl (C=O) groups excluding carboxylic acids is 2. The summed E-state index contributed by atoms with van der Waals surface area (Å²) in [4.78, 5) is 27.9. The van der Waals surface area contributed by atoms with Crippen molar-refractivity contribution >= 4 is 23.4 Å². The molecular weight excluding hydrogens is 474 g/mol. The second kappa shape index (κ2) is 11.8. The van der Waals surface area contributed by atoms with E-state index in [9.17, 15) is 9.59 Å². The normalized spacial score (nSPS) is 10.9. The van der Waals surface area contributed by atoms with Crippen LogP contribution in [-0.4, -0.2) is 39.7 Å². The molecule has 0 saturated carbocycles. The lowest BCUT2D eigenvalue weighted by molar-refractivity contribution is -0.116. The molecule has 0 saturated heterocycles. The zero-order valence-corrected chi connectivity index (χ0v) is 22.7. The molecule has 4 aromatic rings. The second-order valence-electron chi connectivity index (χ2n) is 10.1. The van der Waals surface area contributed by atoms with Crippen LogP contribution < -0.4 is 10.6 Å². The van der Waals surface area contributed by atoms with Crippen molar-refractivity contribution in [1.29, 1.82) is 0 Å². The van der Waals surface area contributed by atoms with E-state index in [1.165, 1.54) is 4.90 Å². The Morgan fingerprint density at radius 3 is 2.21 bits per heavy atom. The van der Waals surface area contributed by atoms with Gasteiger partial charge in [0, 0.05) is 23.9 Å². The van der Waals surface area contributed by atoms with Crippen LogP contribution in [0.5, 0.6) is 0 Å². The van der Waals surface area contributed by atoms with Gasteiger partial charge in [-0.05, 0) is 50.5 Å². The summed E-state index contributed by atoms with van der Waals surface area (Å²) in [5, 5.41) is 10.7. The molecule has 0 fully saturated rings. The first-order valence-electron chi connectivity index (χ1n) is 12.8. The van der Waals surface area contributed by atoms with E-state index in [0.29, 0.717) is 18.1 Å². The van der Waals surface area contributed by atoms with Crippen LogP contribution in [0, 0.1) is 26.7 Å². The van der Waals surface area contributed by atoms with Crippen molar-refractivity contribution in [2.24, 2.45) is 5.92 Å². The number of benzene rings is 3. The van der Waals surface area contributed by atoms with Crippen molar-refractivity contribution in [3.05, 3.63) is 95.6 Å². The van der Waals surface area contributed by atoms with Crippen LogP contribution in [0.15, 0.2) is 78.9 Å². The molecule has 7 nitrogen and oxygen atoms in total. The number of nitrogens with zero attached hydrogens (tertiary/aromatic N) is 3. The predicted octanol–water partition coefficient (Wildman–Crippen LogP) is 6.59. The van der Waals surface area contributed by atoms with Crippen LogP contribution in [-0.2, 0) is 4.79 Å². The minimum absolute atomic E-state index is 0.0887. The Morgan fingerprint density at radius 2 is 1.55 bits per heavy atom. The monoisotopic (exact) mass is 509 g/mol. The molecule has 2 N–H and O–H groups in total. The van der Waals surface area contributed by atoms with E-state index < -0.39 is 0 Å². The van der Waals surface area contributed by atoms with Gasteiger partial charge in [0.05, 0.1) is 11.4 Å². The third-order valence-electron chi connectivity index (χ3n) is 6.14. The fourth-order valence-electron chi connectivity index (χ4n) is 4.30. The molecule has 0 aliphatic rings. The largest absolute Gasteiger partial charge is 0.322 e. The third-order valence-corrected chi connectivity index (χ3v) is 6.14. The highest BCUT2D eigenvalue weighted by Gasteiger charge is 2.21. The number of urea groups is 1. The lowest BCUT2D eigenvalue weighted by Gasteiger charge is -2.24. The summed E-state index contributed by atoms with van der Waals surface area (Å²) in [6.07, 6.45) is 0. The first-order valence-corrected chi connectivity index (χ1v) is 12.8. The van der Waals surface area contributed by atoms with Gasteiger partial charge in [-0.2, -0.15) is 5.10 Å². The van der Waals surface area contributed by atoms with Crippen LogP contribution in [0.25, 0.3) is 16.9 Å². The molecule has 0 aliphatic heterocycles. The lowest BCUT2D eigenvalue weighted by atomic mass is 10.1. The van der Waals surface area contributed by atoms with Gasteiger partial charge in [-0.3, -0.25) is 4.79 Å². The van der Waals surface area contributed by atoms with E-state index in [0.717, 1.165) is 33.6 Å². The molecule has 3 amide bonds. The predicted molar refractivity (Wildman–Crippen MR) is 154 cm³/mol. The van der Waals surface area contributed by atoms with Gasteiger partial charge in [0.15, 0.2) is 0 Å². The van der Waals surface area contributed by atoms with E-state index in [1.54, 1.807) is 4.68 Å². The molecule has 0 bridgehead atoms. The highest BCUT2D eigenvalue weighted by atomic mass is 16.2. The first kappa shape index (κ1) is 26.7. The maximum absolute atomic E-state index is 13.3. The number of anilines is 2. The second-order valence-corrected chi connectivity index (χ2v) is 10.1. The van der Waals surface area contributed by atoms with Crippen LogP contribution in [0.1, 0.15) is 30.5 Å². The number of nitrogens with one attached hydrogen (secondary N) is 2. The van der Waals surface area contributed by atoms with E-state index >= 15 is 0 Å². The molecule has 3 aromatic carbocycles. The van der Waals surface area contributed by atoms with Gasteiger partial charge in [0.2, 0.25) is 5.91 Å². The minimum Gasteiger partial charge on any atom is -0.315 e. The minimum atomic E-state index is -0.314. The summed E-state index contributed by atoms with van der Waals surface area (Å²) < 4.78 is 1.76.